The van der Waals surface area contributed by atoms with Crippen molar-refractivity contribution in [3.63, 3.8) is 0 Å². The lowest BCUT2D eigenvalue weighted by molar-refractivity contribution is -0.137. The predicted molar refractivity (Wildman–Crippen MR) is 133 cm³/mol. The molecule has 0 saturated carbocycles. The van der Waals surface area contributed by atoms with Crippen molar-refractivity contribution in [3.05, 3.63) is 41.6 Å². The highest BCUT2D eigenvalue weighted by molar-refractivity contribution is 6.33. The number of aliphatic carboxylic acids is 1. The van der Waals surface area contributed by atoms with Gasteiger partial charge in [0, 0.05) is 43.1 Å². The number of benzene rings is 1. The molecule has 4 atom stereocenters. The lowest BCUT2D eigenvalue weighted by Crippen LogP contribution is -2.44. The number of hydrogen-bond donors (Lipinski definition) is 1. The first-order valence-electron chi connectivity index (χ1n) is 11.5. The number of nitrogens with zero attached hydrogens (tertiary/aromatic N) is 4. The first-order valence-corrected chi connectivity index (χ1v) is 11.9. The molecule has 182 valence electrons. The van der Waals surface area contributed by atoms with Gasteiger partial charge in [-0.15, -0.1) is 0 Å². The smallest absolute Gasteiger partial charge is 0.305 e. The molecule has 1 N–H and O–H groups in total. The molecule has 34 heavy (non-hydrogen) atoms. The van der Waals surface area contributed by atoms with Gasteiger partial charge in [-0.1, -0.05) is 25.4 Å². The third kappa shape index (κ3) is 5.06. The first-order chi connectivity index (χ1) is 16.3. The van der Waals surface area contributed by atoms with Gasteiger partial charge in [0.2, 0.25) is 5.88 Å². The van der Waals surface area contributed by atoms with Gasteiger partial charge in [0.15, 0.2) is 0 Å². The van der Waals surface area contributed by atoms with Gasteiger partial charge in [-0.3, -0.25) is 9.80 Å². The molecule has 1 aromatic carbocycles. The molecule has 2 aliphatic rings. The van der Waals surface area contributed by atoms with Crippen LogP contribution in [0.15, 0.2) is 41.6 Å². The van der Waals surface area contributed by atoms with Gasteiger partial charge in [0.25, 0.3) is 0 Å². The predicted octanol–water partition coefficient (Wildman–Crippen LogP) is 4.71. The molecule has 0 spiro atoms. The molecule has 0 amide bonds. The summed E-state index contributed by atoms with van der Waals surface area (Å²) in [5.74, 6) is 0.893. The molecular weight excluding hydrogens is 456 g/mol. The zero-order chi connectivity index (χ0) is 24.4. The summed E-state index contributed by atoms with van der Waals surface area (Å²) in [4.78, 5) is 17.7. The summed E-state index contributed by atoms with van der Waals surface area (Å²) in [5, 5.41) is 16.3. The normalized spacial score (nSPS) is 24.7. The molecule has 1 aromatic heterocycles. The summed E-state index contributed by atoms with van der Waals surface area (Å²) in [6, 6.07) is 9.45. The minimum absolute atomic E-state index is 0.0454. The monoisotopic (exact) mass is 486 g/mol. The fourth-order valence-corrected chi connectivity index (χ4v) is 4.87. The van der Waals surface area contributed by atoms with E-state index in [2.05, 4.69) is 21.9 Å². The van der Waals surface area contributed by atoms with Crippen molar-refractivity contribution >= 4 is 34.7 Å². The molecule has 8 nitrogen and oxygen atoms in total. The van der Waals surface area contributed by atoms with Crippen LogP contribution in [-0.4, -0.2) is 54.1 Å². The van der Waals surface area contributed by atoms with Gasteiger partial charge in [0.05, 0.1) is 42.2 Å². The molecule has 0 bridgehead atoms. The highest BCUT2D eigenvalue weighted by atomic mass is 35.5. The molecule has 4 rings (SSSR count). The minimum Gasteiger partial charge on any atom is -0.490 e. The van der Waals surface area contributed by atoms with Crippen LogP contribution in [0, 0.1) is 11.8 Å². The quantitative estimate of drug-likeness (QED) is 0.606. The Hall–Kier alpha value is -3.00. The molecule has 2 aromatic rings. The Morgan fingerprint density at radius 1 is 1.26 bits per heavy atom. The van der Waals surface area contributed by atoms with E-state index in [4.69, 9.17) is 21.1 Å². The number of carboxylic acid groups (broad SMARTS) is 1. The number of hydrazone groups is 1. The largest absolute Gasteiger partial charge is 0.490 e. The van der Waals surface area contributed by atoms with Crippen molar-refractivity contribution in [1.29, 1.82) is 0 Å². The van der Waals surface area contributed by atoms with E-state index in [1.165, 1.54) is 0 Å². The number of aromatic nitrogens is 1. The van der Waals surface area contributed by atoms with Gasteiger partial charge in [-0.25, -0.2) is 4.98 Å². The van der Waals surface area contributed by atoms with Crippen molar-refractivity contribution in [2.75, 3.05) is 30.1 Å². The lowest BCUT2D eigenvalue weighted by Gasteiger charge is -2.38. The van der Waals surface area contributed by atoms with Crippen molar-refractivity contribution in [3.8, 4) is 11.6 Å². The molecule has 1 saturated heterocycles. The molecule has 1 fully saturated rings. The van der Waals surface area contributed by atoms with E-state index in [1.807, 2.05) is 49.2 Å². The maximum Gasteiger partial charge on any atom is 0.305 e. The van der Waals surface area contributed by atoms with Gasteiger partial charge in [-0.05, 0) is 31.2 Å². The Bertz CT molecular complexity index is 1060. The maximum absolute atomic E-state index is 11.3. The van der Waals surface area contributed by atoms with Crippen molar-refractivity contribution in [2.24, 2.45) is 16.9 Å². The Morgan fingerprint density at radius 2 is 2.00 bits per heavy atom. The van der Waals surface area contributed by atoms with E-state index < -0.39 is 5.97 Å². The van der Waals surface area contributed by atoms with Crippen LogP contribution >= 0.6 is 11.6 Å². The van der Waals surface area contributed by atoms with E-state index in [1.54, 1.807) is 13.3 Å². The number of anilines is 2. The molecule has 9 heteroatoms. The van der Waals surface area contributed by atoms with E-state index in [9.17, 15) is 9.90 Å². The topological polar surface area (TPSA) is 87.5 Å². The number of ether oxygens (including phenoxy) is 2. The average molecular weight is 487 g/mol. The Morgan fingerprint density at radius 3 is 2.65 bits per heavy atom. The number of pyridine rings is 1. The van der Waals surface area contributed by atoms with E-state index >= 15 is 0 Å². The number of halogens is 1. The number of rotatable bonds is 7. The minimum atomic E-state index is -0.821. The van der Waals surface area contributed by atoms with Gasteiger partial charge in [-0.2, -0.15) is 5.10 Å². The SMILES string of the molecule is COc1cc(N2CCC(Oc3ccc(N4N=C(C)C(C)C4CC(=O)O)cc3)C(C)C2)c(Cl)cn1. The lowest BCUT2D eigenvalue weighted by atomic mass is 9.95. The van der Waals surface area contributed by atoms with Crippen molar-refractivity contribution in [1.82, 2.24) is 4.98 Å². The summed E-state index contributed by atoms with van der Waals surface area (Å²) in [7, 11) is 1.60. The Balaban J connectivity index is 1.40. The average Bonchev–Trinajstić information content (AvgIpc) is 3.09. The standard InChI is InChI=1S/C25H31ClN4O4/c1-15-14-29(22-11-24(33-4)27-13-20(22)26)10-9-23(15)34-19-7-5-18(6-8-19)30-21(12-25(31)32)16(2)17(3)28-30/h5-8,11,13,15-16,21,23H,9-10,12,14H2,1-4H3,(H,31,32). The van der Waals surface area contributed by atoms with Crippen LogP contribution in [0.5, 0.6) is 11.6 Å². The molecule has 2 aliphatic heterocycles. The number of piperidine rings is 1. The second-order valence-corrected chi connectivity index (χ2v) is 9.49. The molecule has 3 heterocycles. The molecule has 4 unspecified atom stereocenters. The van der Waals surface area contributed by atoms with Crippen LogP contribution in [0.4, 0.5) is 11.4 Å². The van der Waals surface area contributed by atoms with Crippen LogP contribution in [0.1, 0.15) is 33.6 Å². The van der Waals surface area contributed by atoms with Crippen LogP contribution < -0.4 is 19.4 Å². The second kappa shape index (κ2) is 10.1. The second-order valence-electron chi connectivity index (χ2n) is 9.08. The van der Waals surface area contributed by atoms with Crippen molar-refractivity contribution in [2.45, 2.75) is 45.8 Å². The molecule has 0 radical (unpaired) electrons. The zero-order valence-corrected chi connectivity index (χ0v) is 20.7. The van der Waals surface area contributed by atoms with Crippen molar-refractivity contribution < 1.29 is 19.4 Å². The summed E-state index contributed by atoms with van der Waals surface area (Å²) in [5.41, 5.74) is 2.74. The number of methoxy groups -OCH3 is 1. The highest BCUT2D eigenvalue weighted by Gasteiger charge is 2.34. The van der Waals surface area contributed by atoms with Crippen LogP contribution in [0.25, 0.3) is 0 Å². The Labute approximate surface area is 205 Å². The Kier molecular flexibility index (Phi) is 7.16. The summed E-state index contributed by atoms with van der Waals surface area (Å²) < 4.78 is 11.6. The fraction of sp³-hybridized carbons (Fsp3) is 0.480. The fourth-order valence-electron chi connectivity index (χ4n) is 4.65. The maximum atomic E-state index is 11.3. The number of hydrogen-bond acceptors (Lipinski definition) is 7. The zero-order valence-electron chi connectivity index (χ0n) is 19.9. The van der Waals surface area contributed by atoms with E-state index in [0.717, 1.165) is 42.3 Å². The van der Waals surface area contributed by atoms with Gasteiger partial charge in [0.1, 0.15) is 11.9 Å². The van der Waals surface area contributed by atoms with Crippen LogP contribution in [0.3, 0.4) is 0 Å². The number of carboxylic acids is 1. The third-order valence-electron chi connectivity index (χ3n) is 6.77. The molecule has 0 aliphatic carbocycles. The van der Waals surface area contributed by atoms with Gasteiger partial charge >= 0.3 is 5.97 Å². The highest BCUT2D eigenvalue weighted by Crippen LogP contribution is 2.34. The molecular formula is C25H31ClN4O4. The third-order valence-corrected chi connectivity index (χ3v) is 7.07. The van der Waals surface area contributed by atoms with Crippen LogP contribution in [0.2, 0.25) is 5.02 Å². The number of carbonyl (C=O) groups is 1. The first kappa shape index (κ1) is 24.1. The van der Waals surface area contributed by atoms with Crippen LogP contribution in [-0.2, 0) is 4.79 Å². The summed E-state index contributed by atoms with van der Waals surface area (Å²) in [6.07, 6.45) is 2.61. The van der Waals surface area contributed by atoms with E-state index in [0.29, 0.717) is 10.9 Å². The summed E-state index contributed by atoms with van der Waals surface area (Å²) in [6.45, 7) is 7.77. The van der Waals surface area contributed by atoms with E-state index in [-0.39, 0.29) is 30.4 Å². The summed E-state index contributed by atoms with van der Waals surface area (Å²) >= 11 is 6.39. The van der Waals surface area contributed by atoms with Gasteiger partial charge < -0.3 is 19.5 Å².